The number of hydrogen-bond donors (Lipinski definition) is 9. The maximum atomic E-state index is 13.3. The van der Waals surface area contributed by atoms with Crippen LogP contribution in [0.15, 0.2) is 0 Å². The number of carbonyl (C=O) groups excluding carboxylic acids is 8. The maximum absolute atomic E-state index is 13.3. The Kier molecular flexibility index (Phi) is 16.1. The normalized spacial score (nSPS) is 16.3. The van der Waals surface area contributed by atoms with Crippen LogP contribution in [-0.2, 0) is 43.2 Å². The number of aliphatic carboxylic acids is 1. The predicted octanol–water partition coefficient (Wildman–Crippen LogP) is -4.07. The Morgan fingerprint density at radius 3 is 1.13 bits per heavy atom. The van der Waals surface area contributed by atoms with Gasteiger partial charge < -0.3 is 48.5 Å². The molecule has 0 aromatic heterocycles. The fourth-order valence-corrected chi connectivity index (χ4v) is 3.52. The Bertz CT molecular complexity index is 1230. The topological polar surface area (TPSA) is 301 Å². The SMILES string of the molecule is C[C@H](N)C(=O)N[C@@H](C)C(=O)N[C@@H](C)C(=O)N[C@@H](C)C(=O)N[C@@H](C)C(=O)N[C@@H](C)C(=O)N(C(=O)C(C)(C)N)[C@@H](C)C(=O)N[C@@H](C)C(=O)O. The highest BCUT2D eigenvalue weighted by Crippen LogP contribution is 2.12. The minimum atomic E-state index is -1.63. The van der Waals surface area contributed by atoms with Crippen LogP contribution in [0.3, 0.4) is 0 Å². The van der Waals surface area contributed by atoms with Crippen LogP contribution in [0, 0.1) is 0 Å². The van der Waals surface area contributed by atoms with Crippen LogP contribution < -0.4 is 43.4 Å². The number of nitrogens with two attached hydrogens (primary N) is 2. The highest BCUT2D eigenvalue weighted by atomic mass is 16.4. The first-order valence-electron chi connectivity index (χ1n) is 14.8. The molecule has 0 radical (unpaired) electrons. The molecule has 266 valence electrons. The molecule has 19 nitrogen and oxygen atoms in total. The van der Waals surface area contributed by atoms with Gasteiger partial charge in [-0.25, -0.2) is 0 Å². The number of carboxylic acid groups (broad SMARTS) is 1. The van der Waals surface area contributed by atoms with E-state index in [0.717, 1.165) is 0 Å². The first-order valence-corrected chi connectivity index (χ1v) is 14.8. The van der Waals surface area contributed by atoms with Gasteiger partial charge in [0, 0.05) is 0 Å². The molecule has 0 aromatic rings. The lowest BCUT2D eigenvalue weighted by Gasteiger charge is -2.34. The minimum absolute atomic E-state index is 0.531. The van der Waals surface area contributed by atoms with Gasteiger partial charge in [0.15, 0.2) is 0 Å². The van der Waals surface area contributed by atoms with E-state index < -0.39 is 107 Å². The van der Waals surface area contributed by atoms with Gasteiger partial charge in [-0.1, -0.05) is 0 Å². The summed E-state index contributed by atoms with van der Waals surface area (Å²) in [7, 11) is 0. The molecular weight excluding hydrogens is 622 g/mol. The van der Waals surface area contributed by atoms with Crippen LogP contribution in [-0.4, -0.2) is 117 Å². The van der Waals surface area contributed by atoms with Crippen molar-refractivity contribution >= 4 is 53.2 Å². The van der Waals surface area contributed by atoms with Crippen molar-refractivity contribution in [2.75, 3.05) is 0 Å². The van der Waals surface area contributed by atoms with Crippen molar-refractivity contribution in [1.29, 1.82) is 0 Å². The van der Waals surface area contributed by atoms with Crippen LogP contribution in [0.25, 0.3) is 0 Å². The van der Waals surface area contributed by atoms with Gasteiger partial charge in [-0.05, 0) is 69.2 Å². The van der Waals surface area contributed by atoms with Crippen LogP contribution in [0.4, 0.5) is 0 Å². The predicted molar refractivity (Wildman–Crippen MR) is 166 cm³/mol. The fraction of sp³-hybridized carbons (Fsp3) is 0.679. The Labute approximate surface area is 273 Å². The number of rotatable bonds is 16. The largest absolute Gasteiger partial charge is 0.480 e. The van der Waals surface area contributed by atoms with E-state index in [0.29, 0.717) is 4.90 Å². The lowest BCUT2D eigenvalue weighted by Crippen LogP contribution is -2.63. The number of imide groups is 1. The van der Waals surface area contributed by atoms with Crippen molar-refractivity contribution in [2.45, 2.75) is 123 Å². The minimum Gasteiger partial charge on any atom is -0.480 e. The summed E-state index contributed by atoms with van der Waals surface area (Å²) in [6.45, 7) is 13.0. The maximum Gasteiger partial charge on any atom is 0.325 e. The number of nitrogens with one attached hydrogen (secondary N) is 6. The first-order chi connectivity index (χ1) is 21.3. The average molecular weight is 672 g/mol. The molecule has 0 aromatic carbocycles. The summed E-state index contributed by atoms with van der Waals surface area (Å²) in [6, 6.07) is -9.64. The summed E-state index contributed by atoms with van der Waals surface area (Å²) >= 11 is 0. The molecule has 11 N–H and O–H groups in total. The third-order valence-electron chi connectivity index (χ3n) is 6.65. The second kappa shape index (κ2) is 17.9. The number of carboxylic acids is 1. The van der Waals surface area contributed by atoms with Crippen LogP contribution >= 0.6 is 0 Å². The lowest BCUT2D eigenvalue weighted by molar-refractivity contribution is -0.156. The molecule has 0 fully saturated rings. The Morgan fingerprint density at radius 2 is 0.830 bits per heavy atom. The summed E-state index contributed by atoms with van der Waals surface area (Å²) < 4.78 is 0. The number of nitrogens with zero attached hydrogens (tertiary/aromatic N) is 1. The smallest absolute Gasteiger partial charge is 0.325 e. The van der Waals surface area contributed by atoms with Crippen LogP contribution in [0.5, 0.6) is 0 Å². The molecular formula is C28H49N9O10. The molecule has 0 aliphatic rings. The molecule has 0 saturated heterocycles. The van der Waals surface area contributed by atoms with E-state index in [1.54, 1.807) is 0 Å². The standard InChI is InChI=1S/C28H49N9O10/c1-11(29)19(38)31-12(2)20(39)32-13(3)21(40)33-14(4)22(41)34-15(5)23(42)35-16(6)25(44)37(27(47)28(9,10)30)18(8)24(43)36-17(7)26(45)46/h11-18H,29-30H2,1-10H3,(H,31,38)(H,32,39)(H,33,40)(H,34,41)(H,35,42)(H,36,43)(H,45,46)/t11-,12-,13-,14-,15-,16-,17-,18-/m0/s1. The van der Waals surface area contributed by atoms with E-state index in [9.17, 15) is 43.2 Å². The Morgan fingerprint density at radius 1 is 0.532 bits per heavy atom. The molecule has 0 bridgehead atoms. The monoisotopic (exact) mass is 671 g/mol. The highest BCUT2D eigenvalue weighted by Gasteiger charge is 2.40. The molecule has 0 heterocycles. The van der Waals surface area contributed by atoms with Crippen molar-refractivity contribution in [3.63, 3.8) is 0 Å². The van der Waals surface area contributed by atoms with Crippen LogP contribution in [0.1, 0.15) is 69.2 Å². The second-order valence-electron chi connectivity index (χ2n) is 11.9. The van der Waals surface area contributed by atoms with Gasteiger partial charge in [-0.3, -0.25) is 48.1 Å². The highest BCUT2D eigenvalue weighted by molar-refractivity contribution is 6.06. The Hall–Kier alpha value is -4.65. The van der Waals surface area contributed by atoms with E-state index >= 15 is 0 Å². The van der Waals surface area contributed by atoms with E-state index in [1.165, 1.54) is 69.2 Å². The van der Waals surface area contributed by atoms with Gasteiger partial charge in [0.2, 0.25) is 41.4 Å². The molecule has 0 spiro atoms. The zero-order valence-corrected chi connectivity index (χ0v) is 28.3. The third kappa shape index (κ3) is 13.3. The first kappa shape index (κ1) is 42.3. The quantitative estimate of drug-likeness (QED) is 0.0757. The van der Waals surface area contributed by atoms with Gasteiger partial charge in [0.05, 0.1) is 11.6 Å². The van der Waals surface area contributed by atoms with Crippen molar-refractivity contribution in [3.8, 4) is 0 Å². The van der Waals surface area contributed by atoms with E-state index in [4.69, 9.17) is 16.6 Å². The molecule has 8 amide bonds. The van der Waals surface area contributed by atoms with Crippen molar-refractivity contribution < 1.29 is 48.3 Å². The molecule has 0 aliphatic carbocycles. The molecule has 0 rings (SSSR count). The third-order valence-corrected chi connectivity index (χ3v) is 6.65. The van der Waals surface area contributed by atoms with Gasteiger partial charge in [-0.15, -0.1) is 0 Å². The van der Waals surface area contributed by atoms with Crippen LogP contribution in [0.2, 0.25) is 0 Å². The van der Waals surface area contributed by atoms with Gasteiger partial charge >= 0.3 is 5.97 Å². The zero-order valence-electron chi connectivity index (χ0n) is 28.3. The van der Waals surface area contributed by atoms with Crippen molar-refractivity contribution in [2.24, 2.45) is 11.5 Å². The second-order valence-corrected chi connectivity index (χ2v) is 11.9. The van der Waals surface area contributed by atoms with Gasteiger partial charge in [0.25, 0.3) is 5.91 Å². The number of amides is 8. The summed E-state index contributed by atoms with van der Waals surface area (Å²) in [4.78, 5) is 113. The average Bonchev–Trinajstić information content (AvgIpc) is 2.95. The fourth-order valence-electron chi connectivity index (χ4n) is 3.52. The zero-order chi connectivity index (χ0) is 37.1. The molecule has 0 saturated carbocycles. The summed E-state index contributed by atoms with van der Waals surface area (Å²) in [5, 5.41) is 23.1. The molecule has 8 atom stereocenters. The summed E-state index contributed by atoms with van der Waals surface area (Å²) in [5.74, 6) is -7.97. The summed E-state index contributed by atoms with van der Waals surface area (Å²) in [5.41, 5.74) is 9.70. The van der Waals surface area contributed by atoms with Crippen molar-refractivity contribution in [3.05, 3.63) is 0 Å². The van der Waals surface area contributed by atoms with Crippen molar-refractivity contribution in [1.82, 2.24) is 36.8 Å². The lowest BCUT2D eigenvalue weighted by atomic mass is 10.0. The number of hydrogen-bond acceptors (Lipinski definition) is 11. The Balaban J connectivity index is 5.39. The van der Waals surface area contributed by atoms with E-state index in [2.05, 4.69) is 31.9 Å². The summed E-state index contributed by atoms with van der Waals surface area (Å²) in [6.07, 6.45) is 0. The molecule has 47 heavy (non-hydrogen) atoms. The van der Waals surface area contributed by atoms with Gasteiger partial charge in [-0.2, -0.15) is 0 Å². The molecule has 19 heteroatoms. The van der Waals surface area contributed by atoms with E-state index in [1.807, 2.05) is 0 Å². The van der Waals surface area contributed by atoms with Gasteiger partial charge in [0.1, 0.15) is 42.3 Å². The molecule has 0 aliphatic heterocycles. The van der Waals surface area contributed by atoms with E-state index in [-0.39, 0.29) is 0 Å². The number of carbonyl (C=O) groups is 9. The molecule has 0 unspecified atom stereocenters.